The minimum absolute atomic E-state index is 0.0810. The van der Waals surface area contributed by atoms with Crippen molar-refractivity contribution < 1.29 is 14.6 Å². The molecule has 9 heteroatoms. The van der Waals surface area contributed by atoms with Crippen LogP contribution in [0.15, 0.2) is 18.3 Å². The van der Waals surface area contributed by atoms with E-state index in [2.05, 4.69) is 26.7 Å². The predicted octanol–water partition coefficient (Wildman–Crippen LogP) is 3.10. The molecular formula is C22H30N6O3. The molecule has 0 unspecified atom stereocenters. The van der Waals surface area contributed by atoms with E-state index in [4.69, 9.17) is 4.74 Å². The highest BCUT2D eigenvalue weighted by molar-refractivity contribution is 5.93. The zero-order valence-corrected chi connectivity index (χ0v) is 18.6. The van der Waals surface area contributed by atoms with Gasteiger partial charge >= 0.3 is 6.09 Å². The number of ether oxygens (including phenoxy) is 1. The Balaban J connectivity index is 1.81. The summed E-state index contributed by atoms with van der Waals surface area (Å²) in [5, 5.41) is 27.3. The van der Waals surface area contributed by atoms with Gasteiger partial charge in [0.25, 0.3) is 0 Å². The first kappa shape index (κ1) is 22.6. The molecule has 0 aromatic carbocycles. The van der Waals surface area contributed by atoms with Crippen LogP contribution in [0, 0.1) is 11.3 Å². The number of likely N-dealkylation sites (tertiary alicyclic amines) is 1. The molecule has 2 aromatic rings. The van der Waals surface area contributed by atoms with Crippen molar-refractivity contribution in [2.45, 2.75) is 64.8 Å². The van der Waals surface area contributed by atoms with Gasteiger partial charge in [-0.15, -0.1) is 0 Å². The van der Waals surface area contributed by atoms with E-state index in [9.17, 15) is 15.2 Å². The second-order valence-corrected chi connectivity index (χ2v) is 9.10. The number of nitriles is 1. The predicted molar refractivity (Wildman–Crippen MR) is 119 cm³/mol. The summed E-state index contributed by atoms with van der Waals surface area (Å²) in [7, 11) is 0. The summed E-state index contributed by atoms with van der Waals surface area (Å²) in [6.45, 7) is 9.74. The first-order chi connectivity index (χ1) is 14.6. The van der Waals surface area contributed by atoms with Crippen molar-refractivity contribution in [2.24, 2.45) is 0 Å². The molecule has 2 aromatic heterocycles. The third-order valence-electron chi connectivity index (χ3n) is 4.86. The lowest BCUT2D eigenvalue weighted by Gasteiger charge is -2.27. The minimum atomic E-state index is -0.600. The van der Waals surface area contributed by atoms with Gasteiger partial charge in [0.15, 0.2) is 0 Å². The highest BCUT2D eigenvalue weighted by Gasteiger charge is 2.37. The molecule has 1 amide bonds. The Bertz CT molecular complexity index is 995. The molecule has 3 heterocycles. The number of fused-ring (bicyclic) bond motifs is 1. The van der Waals surface area contributed by atoms with Crippen LogP contribution in [0.5, 0.6) is 0 Å². The van der Waals surface area contributed by atoms with E-state index < -0.39 is 11.7 Å². The summed E-state index contributed by atoms with van der Waals surface area (Å²) in [5.41, 5.74) is -0.273. The van der Waals surface area contributed by atoms with Gasteiger partial charge in [-0.05, 0) is 53.2 Å². The molecule has 3 N–H and O–H groups in total. The third-order valence-corrected chi connectivity index (χ3v) is 4.86. The maximum Gasteiger partial charge on any atom is 0.410 e. The number of nitrogens with one attached hydrogen (secondary N) is 2. The lowest BCUT2D eigenvalue weighted by Crippen LogP contribution is -2.41. The largest absolute Gasteiger partial charge is 0.444 e. The molecule has 166 valence electrons. The molecule has 0 aliphatic carbocycles. The Morgan fingerprint density at radius 3 is 2.77 bits per heavy atom. The van der Waals surface area contributed by atoms with Crippen LogP contribution in [0.25, 0.3) is 10.8 Å². The zero-order valence-electron chi connectivity index (χ0n) is 18.6. The number of aromatic nitrogens is 2. The number of anilines is 2. The second-order valence-electron chi connectivity index (χ2n) is 9.10. The average Bonchev–Trinajstić information content (AvgIpc) is 3.09. The molecule has 1 saturated heterocycles. The van der Waals surface area contributed by atoms with Crippen LogP contribution in [0.2, 0.25) is 0 Å². The molecule has 0 bridgehead atoms. The number of rotatable bonds is 5. The Labute approximate surface area is 182 Å². The lowest BCUT2D eigenvalue weighted by molar-refractivity contribution is 0.0175. The maximum atomic E-state index is 12.5. The van der Waals surface area contributed by atoms with Crippen molar-refractivity contribution in [3.8, 4) is 6.07 Å². The summed E-state index contributed by atoms with van der Waals surface area (Å²) in [5.74, 6) is 1.27. The highest BCUT2D eigenvalue weighted by atomic mass is 16.6. The van der Waals surface area contributed by atoms with Crippen LogP contribution in [-0.2, 0) is 4.74 Å². The number of carbonyl (C=O) groups excluding carboxylic acids is 1. The van der Waals surface area contributed by atoms with Crippen LogP contribution >= 0.6 is 0 Å². The number of amides is 1. The molecule has 1 fully saturated rings. The van der Waals surface area contributed by atoms with Gasteiger partial charge < -0.3 is 25.4 Å². The number of pyridine rings is 2. The number of hydrogen-bond donors (Lipinski definition) is 3. The van der Waals surface area contributed by atoms with Gasteiger partial charge in [0.1, 0.15) is 29.0 Å². The van der Waals surface area contributed by atoms with Gasteiger partial charge in [-0.3, -0.25) is 0 Å². The van der Waals surface area contributed by atoms with Crippen LogP contribution in [0.1, 0.15) is 46.7 Å². The SMILES string of the molecule is CC(C)Nc1nc(C#N)cc2cnc(N[C@H]3C[C@@H](CO)N(C(=O)OC(C)(C)C)C3)cc12. The molecule has 1 aliphatic heterocycles. The first-order valence-corrected chi connectivity index (χ1v) is 10.4. The standard InChI is InChI=1S/C22H30N6O3/c1-13(2)25-20-18-8-19(24-10-14(18)6-15(9-23)27-20)26-16-7-17(12-29)28(11-16)21(30)31-22(3,4)5/h6,8,10,13,16-17,29H,7,11-12H2,1-5H3,(H,24,26)(H,25,27)/t16-,17-/m0/s1. The van der Waals surface area contributed by atoms with Gasteiger partial charge in [0, 0.05) is 35.6 Å². The van der Waals surface area contributed by atoms with Crippen LogP contribution in [-0.4, -0.2) is 62.9 Å². The van der Waals surface area contributed by atoms with E-state index >= 15 is 0 Å². The number of hydrogen-bond acceptors (Lipinski definition) is 8. The Kier molecular flexibility index (Phi) is 6.51. The van der Waals surface area contributed by atoms with E-state index in [1.165, 1.54) is 0 Å². The number of aliphatic hydroxyl groups excluding tert-OH is 1. The van der Waals surface area contributed by atoms with Gasteiger partial charge in [0.05, 0.1) is 12.6 Å². The van der Waals surface area contributed by atoms with E-state index in [0.717, 1.165) is 10.8 Å². The van der Waals surface area contributed by atoms with Gasteiger partial charge in [-0.25, -0.2) is 14.8 Å². The van der Waals surface area contributed by atoms with Crippen LogP contribution in [0.4, 0.5) is 16.4 Å². The summed E-state index contributed by atoms with van der Waals surface area (Å²) in [4.78, 5) is 23.0. The maximum absolute atomic E-state index is 12.5. The van der Waals surface area contributed by atoms with E-state index in [1.807, 2.05) is 40.7 Å². The molecule has 0 saturated carbocycles. The smallest absolute Gasteiger partial charge is 0.410 e. The quantitative estimate of drug-likeness (QED) is 0.666. The van der Waals surface area contributed by atoms with E-state index in [-0.39, 0.29) is 24.7 Å². The van der Waals surface area contributed by atoms with Gasteiger partial charge in [-0.1, -0.05) is 0 Å². The summed E-state index contributed by atoms with van der Waals surface area (Å²) in [6, 6.07) is 5.43. The first-order valence-electron chi connectivity index (χ1n) is 10.4. The van der Waals surface area contributed by atoms with Crippen molar-refractivity contribution in [2.75, 3.05) is 23.8 Å². The van der Waals surface area contributed by atoms with Crippen molar-refractivity contribution >= 4 is 28.5 Å². The number of carbonyl (C=O) groups is 1. The van der Waals surface area contributed by atoms with Crippen LogP contribution < -0.4 is 10.6 Å². The molecule has 3 rings (SSSR count). The molecule has 1 aliphatic rings. The fourth-order valence-electron chi connectivity index (χ4n) is 3.61. The minimum Gasteiger partial charge on any atom is -0.444 e. The topological polar surface area (TPSA) is 123 Å². The Morgan fingerprint density at radius 1 is 1.42 bits per heavy atom. The summed E-state index contributed by atoms with van der Waals surface area (Å²) >= 11 is 0. The summed E-state index contributed by atoms with van der Waals surface area (Å²) in [6.07, 6.45) is 1.85. The molecule has 31 heavy (non-hydrogen) atoms. The molecule has 0 radical (unpaired) electrons. The fraction of sp³-hybridized carbons (Fsp3) is 0.545. The Hall–Kier alpha value is -3.12. The van der Waals surface area contributed by atoms with Crippen molar-refractivity contribution in [1.82, 2.24) is 14.9 Å². The average molecular weight is 427 g/mol. The molecule has 2 atom stereocenters. The molecular weight excluding hydrogens is 396 g/mol. The van der Waals surface area contributed by atoms with Crippen molar-refractivity contribution in [3.05, 3.63) is 24.0 Å². The van der Waals surface area contributed by atoms with Crippen LogP contribution in [0.3, 0.4) is 0 Å². The van der Waals surface area contributed by atoms with E-state index in [1.54, 1.807) is 17.2 Å². The summed E-state index contributed by atoms with van der Waals surface area (Å²) < 4.78 is 5.47. The normalized spacial score (nSPS) is 18.8. The van der Waals surface area contributed by atoms with Crippen molar-refractivity contribution in [1.29, 1.82) is 5.26 Å². The number of aliphatic hydroxyl groups is 1. The van der Waals surface area contributed by atoms with Gasteiger partial charge in [0.2, 0.25) is 0 Å². The van der Waals surface area contributed by atoms with Gasteiger partial charge in [-0.2, -0.15) is 5.26 Å². The van der Waals surface area contributed by atoms with Crippen molar-refractivity contribution in [3.63, 3.8) is 0 Å². The fourth-order valence-corrected chi connectivity index (χ4v) is 3.61. The monoisotopic (exact) mass is 426 g/mol. The zero-order chi connectivity index (χ0) is 22.8. The number of nitrogens with zero attached hydrogens (tertiary/aromatic N) is 4. The molecule has 9 nitrogen and oxygen atoms in total. The lowest BCUT2D eigenvalue weighted by atomic mass is 10.1. The Morgan fingerprint density at radius 2 is 2.16 bits per heavy atom. The molecule has 0 spiro atoms. The van der Waals surface area contributed by atoms with E-state index in [0.29, 0.717) is 30.3 Å². The second kappa shape index (κ2) is 8.94. The highest BCUT2D eigenvalue weighted by Crippen LogP contribution is 2.27. The third kappa shape index (κ3) is 5.52.